The molecule has 0 fully saturated rings. The van der Waals surface area contributed by atoms with E-state index in [1.165, 1.54) is 0 Å². The maximum Gasteiger partial charge on any atom is 0.143 e. The maximum atomic E-state index is 5.87. The molecule has 1 unspecified atom stereocenters. The molecule has 0 amide bonds. The summed E-state index contributed by atoms with van der Waals surface area (Å²) in [4.78, 5) is 10.2. The van der Waals surface area contributed by atoms with E-state index in [-0.39, 0.29) is 6.04 Å². The Morgan fingerprint density at radius 1 is 1.32 bits per heavy atom. The third-order valence-electron chi connectivity index (χ3n) is 2.85. The average molecular weight is 334 g/mol. The summed E-state index contributed by atoms with van der Waals surface area (Å²) in [5.74, 6) is 0. The average Bonchev–Trinajstić information content (AvgIpc) is 2.87. The molecule has 96 valence electrons. The highest BCUT2D eigenvalue weighted by atomic mass is 79.9. The molecule has 0 aliphatic heterocycles. The molecule has 1 atom stereocenters. The van der Waals surface area contributed by atoms with Crippen molar-refractivity contribution in [3.63, 3.8) is 0 Å². The SMILES string of the molecule is CC(N)c1cnc(-c2nc3ccccc3cc2Br)s1. The van der Waals surface area contributed by atoms with Crippen molar-refractivity contribution < 1.29 is 0 Å². The number of para-hydroxylation sites is 1. The standard InChI is InChI=1S/C14H12BrN3S/c1-8(16)12-7-17-14(19-12)13-10(15)6-9-4-2-3-5-11(9)18-13/h2-8H,16H2,1H3. The monoisotopic (exact) mass is 333 g/mol. The molecule has 0 saturated carbocycles. The van der Waals surface area contributed by atoms with Crippen LogP contribution in [0.2, 0.25) is 0 Å². The Morgan fingerprint density at radius 2 is 2.11 bits per heavy atom. The smallest absolute Gasteiger partial charge is 0.143 e. The van der Waals surface area contributed by atoms with Crippen LogP contribution in [-0.2, 0) is 0 Å². The van der Waals surface area contributed by atoms with E-state index in [1.54, 1.807) is 11.3 Å². The minimum atomic E-state index is 0.00508. The van der Waals surface area contributed by atoms with Gasteiger partial charge in [0.2, 0.25) is 0 Å². The molecule has 0 aliphatic carbocycles. The number of hydrogen-bond donors (Lipinski definition) is 1. The Hall–Kier alpha value is -1.30. The van der Waals surface area contributed by atoms with Crippen molar-refractivity contribution in [1.82, 2.24) is 9.97 Å². The number of nitrogens with zero attached hydrogens (tertiary/aromatic N) is 2. The second-order valence-electron chi connectivity index (χ2n) is 4.37. The van der Waals surface area contributed by atoms with Gasteiger partial charge in [0.15, 0.2) is 0 Å². The summed E-state index contributed by atoms with van der Waals surface area (Å²) in [7, 11) is 0. The fraction of sp³-hybridized carbons (Fsp3) is 0.143. The van der Waals surface area contributed by atoms with Crippen LogP contribution in [0.5, 0.6) is 0 Å². The fourth-order valence-electron chi connectivity index (χ4n) is 1.85. The predicted molar refractivity (Wildman–Crippen MR) is 83.2 cm³/mol. The fourth-order valence-corrected chi connectivity index (χ4v) is 3.37. The minimum Gasteiger partial charge on any atom is -0.323 e. The van der Waals surface area contributed by atoms with E-state index in [9.17, 15) is 0 Å². The molecule has 3 aromatic rings. The van der Waals surface area contributed by atoms with Gasteiger partial charge in [-0.25, -0.2) is 9.97 Å². The third-order valence-corrected chi connectivity index (χ3v) is 4.66. The van der Waals surface area contributed by atoms with Crippen LogP contribution in [0.1, 0.15) is 17.8 Å². The molecule has 0 spiro atoms. The highest BCUT2D eigenvalue weighted by Crippen LogP contribution is 2.33. The van der Waals surface area contributed by atoms with Crippen LogP contribution in [0, 0.1) is 0 Å². The van der Waals surface area contributed by atoms with E-state index in [1.807, 2.05) is 37.4 Å². The van der Waals surface area contributed by atoms with Crippen LogP contribution in [0.25, 0.3) is 21.6 Å². The summed E-state index contributed by atoms with van der Waals surface area (Å²) in [5, 5.41) is 2.01. The van der Waals surface area contributed by atoms with Gasteiger partial charge in [-0.05, 0) is 35.0 Å². The molecule has 0 bridgehead atoms. The summed E-state index contributed by atoms with van der Waals surface area (Å²) in [6, 6.07) is 10.1. The Balaban J connectivity index is 2.15. The van der Waals surface area contributed by atoms with Crippen molar-refractivity contribution in [1.29, 1.82) is 0 Å². The maximum absolute atomic E-state index is 5.87. The van der Waals surface area contributed by atoms with Gasteiger partial charge in [-0.15, -0.1) is 11.3 Å². The molecule has 0 radical (unpaired) electrons. The number of thiazole rings is 1. The van der Waals surface area contributed by atoms with Crippen molar-refractivity contribution in [3.05, 3.63) is 45.9 Å². The van der Waals surface area contributed by atoms with Gasteiger partial charge in [0.05, 0.1) is 5.52 Å². The molecule has 0 saturated heterocycles. The second kappa shape index (κ2) is 5.00. The second-order valence-corrected chi connectivity index (χ2v) is 6.28. The molecule has 19 heavy (non-hydrogen) atoms. The van der Waals surface area contributed by atoms with Crippen molar-refractivity contribution >= 4 is 38.2 Å². The van der Waals surface area contributed by atoms with Gasteiger partial charge in [0.25, 0.3) is 0 Å². The van der Waals surface area contributed by atoms with Crippen LogP contribution >= 0.6 is 27.3 Å². The number of nitrogens with two attached hydrogens (primary N) is 1. The quantitative estimate of drug-likeness (QED) is 0.766. The van der Waals surface area contributed by atoms with Gasteiger partial charge in [-0.3, -0.25) is 0 Å². The van der Waals surface area contributed by atoms with Crippen LogP contribution in [-0.4, -0.2) is 9.97 Å². The first-order valence-corrected chi connectivity index (χ1v) is 7.53. The molecule has 5 heteroatoms. The van der Waals surface area contributed by atoms with Gasteiger partial charge in [0, 0.05) is 27.0 Å². The molecule has 1 aromatic carbocycles. The van der Waals surface area contributed by atoms with Crippen LogP contribution in [0.15, 0.2) is 41.0 Å². The summed E-state index contributed by atoms with van der Waals surface area (Å²) in [6.45, 7) is 1.96. The van der Waals surface area contributed by atoms with E-state index >= 15 is 0 Å². The molecule has 0 aliphatic rings. The first-order chi connectivity index (χ1) is 9.15. The topological polar surface area (TPSA) is 51.8 Å². The lowest BCUT2D eigenvalue weighted by molar-refractivity contribution is 0.835. The van der Waals surface area contributed by atoms with E-state index in [4.69, 9.17) is 5.73 Å². The van der Waals surface area contributed by atoms with Gasteiger partial charge < -0.3 is 5.73 Å². The van der Waals surface area contributed by atoms with E-state index in [0.29, 0.717) is 0 Å². The molecule has 2 N–H and O–H groups in total. The van der Waals surface area contributed by atoms with Crippen molar-refractivity contribution in [2.75, 3.05) is 0 Å². The molecule has 3 rings (SSSR count). The Labute approximate surface area is 123 Å². The minimum absolute atomic E-state index is 0.00508. The summed E-state index contributed by atoms with van der Waals surface area (Å²) >= 11 is 5.16. The van der Waals surface area contributed by atoms with Gasteiger partial charge in [-0.2, -0.15) is 0 Å². The van der Waals surface area contributed by atoms with Crippen LogP contribution in [0.3, 0.4) is 0 Å². The number of pyridine rings is 1. The van der Waals surface area contributed by atoms with E-state index in [0.717, 1.165) is 31.0 Å². The Bertz CT molecular complexity index is 736. The summed E-state index contributed by atoms with van der Waals surface area (Å²) in [6.07, 6.45) is 1.83. The zero-order valence-corrected chi connectivity index (χ0v) is 12.7. The van der Waals surface area contributed by atoms with Crippen LogP contribution < -0.4 is 5.73 Å². The lowest BCUT2D eigenvalue weighted by atomic mass is 10.2. The highest BCUT2D eigenvalue weighted by molar-refractivity contribution is 9.10. The number of benzene rings is 1. The third kappa shape index (κ3) is 2.41. The molecule has 3 nitrogen and oxygen atoms in total. The largest absolute Gasteiger partial charge is 0.323 e. The molecular formula is C14H12BrN3S. The normalized spacial score (nSPS) is 12.8. The Kier molecular flexibility index (Phi) is 3.35. The number of aromatic nitrogens is 2. The van der Waals surface area contributed by atoms with Gasteiger partial charge in [0.1, 0.15) is 10.7 Å². The summed E-state index contributed by atoms with van der Waals surface area (Å²) < 4.78 is 0.955. The lowest BCUT2D eigenvalue weighted by Gasteiger charge is -2.03. The van der Waals surface area contributed by atoms with Crippen molar-refractivity contribution in [3.8, 4) is 10.7 Å². The molecule has 2 heterocycles. The van der Waals surface area contributed by atoms with Crippen LogP contribution in [0.4, 0.5) is 0 Å². The Morgan fingerprint density at radius 3 is 2.84 bits per heavy atom. The zero-order chi connectivity index (χ0) is 13.4. The number of hydrogen-bond acceptors (Lipinski definition) is 4. The highest BCUT2D eigenvalue weighted by Gasteiger charge is 2.12. The van der Waals surface area contributed by atoms with E-state index in [2.05, 4.69) is 32.0 Å². The number of fused-ring (bicyclic) bond motifs is 1. The van der Waals surface area contributed by atoms with Crippen molar-refractivity contribution in [2.24, 2.45) is 5.73 Å². The zero-order valence-electron chi connectivity index (χ0n) is 10.3. The van der Waals surface area contributed by atoms with Gasteiger partial charge >= 0.3 is 0 Å². The first-order valence-electron chi connectivity index (χ1n) is 5.92. The van der Waals surface area contributed by atoms with Gasteiger partial charge in [-0.1, -0.05) is 18.2 Å². The number of halogens is 1. The molecular weight excluding hydrogens is 322 g/mol. The summed E-state index contributed by atoms with van der Waals surface area (Å²) in [5.41, 5.74) is 7.71. The molecule has 2 aromatic heterocycles. The van der Waals surface area contributed by atoms with E-state index < -0.39 is 0 Å². The predicted octanol–water partition coefficient (Wildman–Crippen LogP) is 4.14. The lowest BCUT2D eigenvalue weighted by Crippen LogP contribution is -2.01. The number of rotatable bonds is 2. The first kappa shape index (κ1) is 12.7. The van der Waals surface area contributed by atoms with Crippen molar-refractivity contribution in [2.45, 2.75) is 13.0 Å².